The summed E-state index contributed by atoms with van der Waals surface area (Å²) < 4.78 is 5.47. The number of hydrogen-bond acceptors (Lipinski definition) is 4. The van der Waals surface area contributed by atoms with E-state index in [2.05, 4.69) is 11.9 Å². The Morgan fingerprint density at radius 3 is 2.62 bits per heavy atom. The maximum absolute atomic E-state index is 13.0. The number of hydrogen-bond donors (Lipinski definition) is 0. The second kappa shape index (κ2) is 6.57. The quantitative estimate of drug-likeness (QED) is 0.526. The molecule has 0 unspecified atom stereocenters. The van der Waals surface area contributed by atoms with E-state index in [1.807, 2.05) is 30.3 Å². The number of carbonyl (C=O) groups is 1. The van der Waals surface area contributed by atoms with Crippen molar-refractivity contribution in [1.29, 1.82) is 0 Å². The van der Waals surface area contributed by atoms with Gasteiger partial charge < -0.3 is 14.2 Å². The number of nitrogens with zero attached hydrogens (tertiary/aromatic N) is 2. The molecule has 0 spiro atoms. The normalized spacial score (nSPS) is 16.2. The van der Waals surface area contributed by atoms with Crippen LogP contribution < -0.4 is 5.63 Å². The standard InChI is InChI=1S/C21H22N2O3/c1-22-11-9-15(10-12-22)23(2)20(24)18-13-17-16-6-4-3-5-14(16)7-8-19(17)26-21(18)25/h3-8,13,15H,9-12H2,1-2H3. The first-order valence-corrected chi connectivity index (χ1v) is 8.96. The predicted molar refractivity (Wildman–Crippen MR) is 103 cm³/mol. The Labute approximate surface area is 151 Å². The summed E-state index contributed by atoms with van der Waals surface area (Å²) >= 11 is 0. The first-order valence-electron chi connectivity index (χ1n) is 8.96. The van der Waals surface area contributed by atoms with Gasteiger partial charge in [0.1, 0.15) is 11.1 Å². The molecule has 2 heterocycles. The molecule has 0 radical (unpaired) electrons. The van der Waals surface area contributed by atoms with Crippen molar-refractivity contribution in [3.63, 3.8) is 0 Å². The van der Waals surface area contributed by atoms with Crippen LogP contribution in [0.1, 0.15) is 23.2 Å². The van der Waals surface area contributed by atoms with Gasteiger partial charge in [0, 0.05) is 18.5 Å². The van der Waals surface area contributed by atoms with E-state index in [1.165, 1.54) is 0 Å². The van der Waals surface area contributed by atoms with E-state index >= 15 is 0 Å². The third-order valence-electron chi connectivity index (χ3n) is 5.43. The number of fused-ring (bicyclic) bond motifs is 3. The van der Waals surface area contributed by atoms with Crippen LogP contribution in [0, 0.1) is 0 Å². The summed E-state index contributed by atoms with van der Waals surface area (Å²) in [6.07, 6.45) is 1.83. The number of carbonyl (C=O) groups excluding carboxylic acids is 1. The molecular weight excluding hydrogens is 328 g/mol. The van der Waals surface area contributed by atoms with Gasteiger partial charge in [0.15, 0.2) is 0 Å². The zero-order chi connectivity index (χ0) is 18.3. The zero-order valence-corrected chi connectivity index (χ0v) is 15.1. The van der Waals surface area contributed by atoms with E-state index in [4.69, 9.17) is 4.42 Å². The number of benzene rings is 2. The van der Waals surface area contributed by atoms with Gasteiger partial charge in [0.2, 0.25) is 0 Å². The number of likely N-dealkylation sites (tertiary alicyclic amines) is 1. The molecule has 5 heteroatoms. The van der Waals surface area contributed by atoms with Crippen LogP contribution in [0.2, 0.25) is 0 Å². The van der Waals surface area contributed by atoms with Gasteiger partial charge in [-0.15, -0.1) is 0 Å². The SMILES string of the molecule is CN1CCC(N(C)C(=O)c2cc3c(ccc4ccccc43)oc2=O)CC1. The zero-order valence-electron chi connectivity index (χ0n) is 15.1. The minimum absolute atomic E-state index is 0.107. The summed E-state index contributed by atoms with van der Waals surface area (Å²) in [6, 6.07) is 13.4. The van der Waals surface area contributed by atoms with Gasteiger partial charge in [0.05, 0.1) is 0 Å². The fourth-order valence-electron chi connectivity index (χ4n) is 3.76. The lowest BCUT2D eigenvalue weighted by Gasteiger charge is -2.35. The highest BCUT2D eigenvalue weighted by atomic mass is 16.4. The van der Waals surface area contributed by atoms with Gasteiger partial charge in [-0.2, -0.15) is 0 Å². The molecule has 1 aliphatic heterocycles. The molecule has 1 fully saturated rings. The van der Waals surface area contributed by atoms with E-state index in [-0.39, 0.29) is 17.5 Å². The second-order valence-corrected chi connectivity index (χ2v) is 7.10. The molecule has 0 bridgehead atoms. The largest absolute Gasteiger partial charge is 0.422 e. The van der Waals surface area contributed by atoms with Crippen LogP contribution >= 0.6 is 0 Å². The Morgan fingerprint density at radius 1 is 1.12 bits per heavy atom. The monoisotopic (exact) mass is 350 g/mol. The van der Waals surface area contributed by atoms with Crippen molar-refractivity contribution in [2.75, 3.05) is 27.2 Å². The number of amides is 1. The van der Waals surface area contributed by atoms with Gasteiger partial charge >= 0.3 is 5.63 Å². The summed E-state index contributed by atoms with van der Waals surface area (Å²) in [5, 5.41) is 2.82. The van der Waals surface area contributed by atoms with Crippen LogP contribution in [-0.4, -0.2) is 48.9 Å². The van der Waals surface area contributed by atoms with Crippen molar-refractivity contribution in [3.8, 4) is 0 Å². The van der Waals surface area contributed by atoms with Gasteiger partial charge in [-0.3, -0.25) is 4.79 Å². The third-order valence-corrected chi connectivity index (χ3v) is 5.43. The molecule has 4 rings (SSSR count). The second-order valence-electron chi connectivity index (χ2n) is 7.10. The first kappa shape index (κ1) is 16.8. The van der Waals surface area contributed by atoms with Crippen molar-refractivity contribution in [2.45, 2.75) is 18.9 Å². The van der Waals surface area contributed by atoms with Crippen molar-refractivity contribution in [2.24, 2.45) is 0 Å². The summed E-state index contributed by atoms with van der Waals surface area (Å²) in [7, 11) is 3.87. The van der Waals surface area contributed by atoms with E-state index in [1.54, 1.807) is 24.1 Å². The molecule has 3 aromatic rings. The molecule has 26 heavy (non-hydrogen) atoms. The van der Waals surface area contributed by atoms with Crippen LogP contribution in [-0.2, 0) is 0 Å². The topological polar surface area (TPSA) is 53.8 Å². The first-order chi connectivity index (χ1) is 12.5. The third kappa shape index (κ3) is 2.88. The molecule has 1 saturated heterocycles. The van der Waals surface area contributed by atoms with Gasteiger partial charge in [0.25, 0.3) is 5.91 Å². The molecule has 0 saturated carbocycles. The molecular formula is C21H22N2O3. The Bertz CT molecular complexity index is 1030. The smallest absolute Gasteiger partial charge is 0.349 e. The molecule has 134 valence electrons. The van der Waals surface area contributed by atoms with Gasteiger partial charge in [-0.1, -0.05) is 30.3 Å². The van der Waals surface area contributed by atoms with Crippen LogP contribution in [0.3, 0.4) is 0 Å². The molecule has 5 nitrogen and oxygen atoms in total. The number of piperidine rings is 1. The maximum Gasteiger partial charge on any atom is 0.349 e. The summed E-state index contributed by atoms with van der Waals surface area (Å²) in [5.41, 5.74) is 0.0417. The summed E-state index contributed by atoms with van der Waals surface area (Å²) in [6.45, 7) is 1.92. The maximum atomic E-state index is 13.0. The van der Waals surface area contributed by atoms with Crippen LogP contribution in [0.15, 0.2) is 51.7 Å². The van der Waals surface area contributed by atoms with Crippen LogP contribution in [0.25, 0.3) is 21.7 Å². The lowest BCUT2D eigenvalue weighted by atomic mass is 10.0. The van der Waals surface area contributed by atoms with Crippen LogP contribution in [0.4, 0.5) is 0 Å². The van der Waals surface area contributed by atoms with Gasteiger partial charge in [-0.25, -0.2) is 4.79 Å². The fraction of sp³-hybridized carbons (Fsp3) is 0.333. The molecule has 0 aliphatic carbocycles. The van der Waals surface area contributed by atoms with Crippen molar-refractivity contribution < 1.29 is 9.21 Å². The number of rotatable bonds is 2. The lowest BCUT2D eigenvalue weighted by Crippen LogP contribution is -2.45. The van der Waals surface area contributed by atoms with E-state index in [0.717, 1.165) is 42.1 Å². The minimum atomic E-state index is -0.572. The molecule has 2 aromatic carbocycles. The molecule has 1 amide bonds. The molecule has 0 N–H and O–H groups in total. The lowest BCUT2D eigenvalue weighted by molar-refractivity contribution is 0.0655. The minimum Gasteiger partial charge on any atom is -0.422 e. The molecule has 0 atom stereocenters. The van der Waals surface area contributed by atoms with E-state index in [0.29, 0.717) is 5.58 Å². The Kier molecular flexibility index (Phi) is 4.24. The van der Waals surface area contributed by atoms with Crippen molar-refractivity contribution in [1.82, 2.24) is 9.80 Å². The average molecular weight is 350 g/mol. The Hall–Kier alpha value is -2.66. The fourth-order valence-corrected chi connectivity index (χ4v) is 3.76. The van der Waals surface area contributed by atoms with E-state index in [9.17, 15) is 9.59 Å². The summed E-state index contributed by atoms with van der Waals surface area (Å²) in [4.78, 5) is 29.4. The molecule has 1 aliphatic rings. The highest BCUT2D eigenvalue weighted by Crippen LogP contribution is 2.25. The summed E-state index contributed by atoms with van der Waals surface area (Å²) in [5.74, 6) is -0.261. The highest BCUT2D eigenvalue weighted by molar-refractivity contribution is 6.07. The van der Waals surface area contributed by atoms with Crippen LogP contribution in [0.5, 0.6) is 0 Å². The highest BCUT2D eigenvalue weighted by Gasteiger charge is 2.27. The Balaban J connectivity index is 1.75. The van der Waals surface area contributed by atoms with Crippen molar-refractivity contribution >= 4 is 27.6 Å². The van der Waals surface area contributed by atoms with E-state index < -0.39 is 5.63 Å². The average Bonchev–Trinajstić information content (AvgIpc) is 2.67. The van der Waals surface area contributed by atoms with Gasteiger partial charge in [-0.05, 0) is 55.9 Å². The predicted octanol–water partition coefficient (Wildman–Crippen LogP) is 3.11. The Morgan fingerprint density at radius 2 is 1.85 bits per heavy atom. The van der Waals surface area contributed by atoms with Crippen molar-refractivity contribution in [3.05, 3.63) is 58.4 Å². The molecule has 1 aromatic heterocycles.